The first-order chi connectivity index (χ1) is 30.5. The molecule has 0 radical (unpaired) electrons. The van der Waals surface area contributed by atoms with Crippen LogP contribution in [-0.2, 0) is 12.6 Å². The van der Waals surface area contributed by atoms with Gasteiger partial charge in [0.05, 0.1) is 0 Å². The summed E-state index contributed by atoms with van der Waals surface area (Å²) in [6.07, 6.45) is -3.74. The maximum absolute atomic E-state index is 13.6. The summed E-state index contributed by atoms with van der Waals surface area (Å²) in [5.41, 5.74) is 6.90. The van der Waals surface area contributed by atoms with Gasteiger partial charge in [-0.25, -0.2) is 0 Å². The average molecular weight is 956 g/mol. The van der Waals surface area contributed by atoms with Crippen molar-refractivity contribution in [3.8, 4) is 0 Å². The van der Waals surface area contributed by atoms with Crippen molar-refractivity contribution in [3.63, 3.8) is 0 Å². The van der Waals surface area contributed by atoms with Crippen LogP contribution in [0.3, 0.4) is 0 Å². The summed E-state index contributed by atoms with van der Waals surface area (Å²) >= 11 is 0. The Kier molecular flexibility index (Phi) is 14.3. The Morgan fingerprint density at radius 3 is 1.06 bits per heavy atom. The Hall–Kier alpha value is -5.91. The molecule has 9 rings (SSSR count). The number of nitrogens with zero attached hydrogens (tertiary/aromatic N) is 2. The fraction of sp³-hybridized carbons (Fsp3) is 0.111. The Labute approximate surface area is 385 Å². The number of hydrogen-bond donors (Lipinski definition) is 2. The molecule has 4 nitrogen and oxygen atoms in total. The Morgan fingerprint density at radius 2 is 0.719 bits per heavy atom. The Morgan fingerprint density at radius 1 is 0.406 bits per heavy atom. The molecule has 0 saturated heterocycles. The molecule has 2 aromatic heterocycles. The summed E-state index contributed by atoms with van der Waals surface area (Å²) in [5.74, 6) is 0.0652. The molecule has 0 atom stereocenters. The van der Waals surface area contributed by atoms with Crippen LogP contribution >= 0.6 is 31.5 Å². The van der Waals surface area contributed by atoms with Crippen molar-refractivity contribution in [1.82, 2.24) is 19.9 Å². The summed E-state index contributed by atoms with van der Waals surface area (Å²) in [4.78, 5) is 15.7. The van der Waals surface area contributed by atoms with Crippen LogP contribution in [-0.4, -0.2) is 19.9 Å². The third-order valence-electron chi connectivity index (χ3n) is 11.8. The van der Waals surface area contributed by atoms with Crippen molar-refractivity contribution >= 4 is 74.2 Å². The molecule has 10 heteroatoms. The Balaban J connectivity index is 0.000000189. The van der Waals surface area contributed by atoms with Crippen molar-refractivity contribution in [3.05, 3.63) is 240 Å². The van der Waals surface area contributed by atoms with E-state index in [4.69, 9.17) is 4.98 Å². The van der Waals surface area contributed by atoms with Gasteiger partial charge < -0.3 is 0 Å². The summed E-state index contributed by atoms with van der Waals surface area (Å²) in [6, 6.07) is 69.2. The summed E-state index contributed by atoms with van der Waals surface area (Å²) < 4.78 is 40.7. The van der Waals surface area contributed by atoms with Gasteiger partial charge in [0.15, 0.2) is 0 Å². The predicted octanol–water partition coefficient (Wildman–Crippen LogP) is 9.94. The number of halogens is 4. The fourth-order valence-electron chi connectivity index (χ4n) is 8.90. The zero-order chi connectivity index (χ0) is 44.0. The molecule has 0 unspecified atom stereocenters. The molecule has 0 amide bonds. The van der Waals surface area contributed by atoms with E-state index in [0.29, 0.717) is 11.1 Å². The van der Waals surface area contributed by atoms with E-state index >= 15 is 0 Å². The molecule has 0 bridgehead atoms. The number of H-pyrrole nitrogens is 2. The normalized spacial score (nSPS) is 12.1. The zero-order valence-corrected chi connectivity index (χ0v) is 39.9. The molecular weight excluding hydrogens is 903 g/mol. The van der Waals surface area contributed by atoms with Crippen molar-refractivity contribution < 1.29 is 13.2 Å². The molecule has 0 saturated carbocycles. The quantitative estimate of drug-likeness (QED) is 0.134. The minimum absolute atomic E-state index is 0. The van der Waals surface area contributed by atoms with Crippen LogP contribution in [0.1, 0.15) is 39.7 Å². The van der Waals surface area contributed by atoms with Gasteiger partial charge in [-0.1, -0.05) is 0 Å². The van der Waals surface area contributed by atoms with Crippen molar-refractivity contribution in [2.45, 2.75) is 40.3 Å². The van der Waals surface area contributed by atoms with E-state index in [2.05, 4.69) is 144 Å². The van der Waals surface area contributed by atoms with Crippen LogP contribution in [0.25, 0.3) is 0 Å². The maximum atomic E-state index is 13.6. The fourth-order valence-corrected chi connectivity index (χ4v) is 18.5. The summed E-state index contributed by atoms with van der Waals surface area (Å²) in [6.45, 7) is 8.01. The molecule has 0 aliphatic heterocycles. The number of nitrogens with one attached hydrogen (secondary N) is 2. The molecular formula is C54H52BrF3N4P2. The van der Waals surface area contributed by atoms with E-state index in [0.717, 1.165) is 39.4 Å². The second kappa shape index (κ2) is 19.9. The van der Waals surface area contributed by atoms with Crippen LogP contribution in [0.15, 0.2) is 200 Å². The molecule has 0 aliphatic rings. The minimum atomic E-state index is -4.54. The van der Waals surface area contributed by atoms with Crippen molar-refractivity contribution in [2.24, 2.45) is 0 Å². The van der Waals surface area contributed by atoms with E-state index in [-0.39, 0.29) is 17.0 Å². The van der Waals surface area contributed by atoms with E-state index in [9.17, 15) is 13.2 Å². The van der Waals surface area contributed by atoms with Gasteiger partial charge in [0, 0.05) is 0 Å². The zero-order valence-electron chi connectivity index (χ0n) is 36.2. The average Bonchev–Trinajstić information content (AvgIpc) is 3.89. The molecule has 0 spiro atoms. The number of hydrogen-bond acceptors (Lipinski definition) is 2. The van der Waals surface area contributed by atoms with Gasteiger partial charge in [-0.3, -0.25) is 0 Å². The SMILES string of the molecule is Br.Cc1ccc([PH](c2ccccc2)(c2ccccc2)c2nc(C(F)(F)F)[nH]c2C)cc1.Cc1ccc([PH](c2ccccc2)(c2ccccc2)c2nc(Cc3ccccc3)[nH]c2C)cc1. The number of alkyl halides is 3. The third-order valence-corrected chi connectivity index (χ3v) is 21.4. The number of aromatic nitrogens is 4. The molecule has 0 fully saturated rings. The van der Waals surface area contributed by atoms with E-state index < -0.39 is 26.5 Å². The van der Waals surface area contributed by atoms with Crippen LogP contribution < -0.4 is 42.7 Å². The molecule has 7 aromatic carbocycles. The second-order valence-corrected chi connectivity index (χ2v) is 23.5. The molecule has 2 N–H and O–H groups in total. The molecule has 2 heterocycles. The number of benzene rings is 7. The van der Waals surface area contributed by atoms with Gasteiger partial charge in [-0.15, -0.1) is 17.0 Å². The second-order valence-electron chi connectivity index (χ2n) is 16.1. The third kappa shape index (κ3) is 9.19. The van der Waals surface area contributed by atoms with Crippen LogP contribution in [0.5, 0.6) is 0 Å². The first-order valence-electron chi connectivity index (χ1n) is 21.1. The molecule has 64 heavy (non-hydrogen) atoms. The van der Waals surface area contributed by atoms with E-state index in [1.165, 1.54) is 32.5 Å². The number of aryl methyl sites for hydroxylation is 4. The summed E-state index contributed by atoms with van der Waals surface area (Å²) in [5, 5.41) is 7.02. The van der Waals surface area contributed by atoms with Crippen molar-refractivity contribution in [1.29, 1.82) is 0 Å². The first kappa shape index (κ1) is 46.1. The van der Waals surface area contributed by atoms with Crippen LogP contribution in [0.4, 0.5) is 13.2 Å². The summed E-state index contributed by atoms with van der Waals surface area (Å²) in [7, 11) is -5.67. The number of imidazole rings is 2. The molecule has 9 aromatic rings. The van der Waals surface area contributed by atoms with Crippen LogP contribution in [0, 0.1) is 27.7 Å². The van der Waals surface area contributed by atoms with E-state index in [1.54, 1.807) is 6.92 Å². The van der Waals surface area contributed by atoms with Crippen molar-refractivity contribution in [2.75, 3.05) is 0 Å². The van der Waals surface area contributed by atoms with E-state index in [1.807, 2.05) is 91.9 Å². The predicted molar refractivity (Wildman–Crippen MR) is 273 cm³/mol. The van der Waals surface area contributed by atoms with Gasteiger partial charge >= 0.3 is 371 Å². The van der Waals surface area contributed by atoms with Crippen LogP contribution in [0.2, 0.25) is 0 Å². The van der Waals surface area contributed by atoms with Gasteiger partial charge in [0.2, 0.25) is 0 Å². The standard InChI is InChI=1S/C30H29N2P.C24H22F3N2P.BrH/c1-23-18-20-28(21-19-23)33(26-14-8-4-9-15-26,27-16-10-5-11-17-27)30-24(2)31-29(32-30)22-25-12-6-3-7-13-25;1-17-13-15-21(16-14-17)30(19-9-5-3-6-10-19,20-11-7-4-8-12-20)22-18(2)28-23(29-22)24(25,26)27;/h3-21,33H,22H2,1-2H3,(H,31,32);3-16,30H,1-2H3,(H,28,29);1H. The van der Waals surface area contributed by atoms with Gasteiger partial charge in [0.25, 0.3) is 0 Å². The monoisotopic (exact) mass is 954 g/mol. The first-order valence-corrected chi connectivity index (χ1v) is 25.1. The molecule has 0 aliphatic carbocycles. The van der Waals surface area contributed by atoms with Gasteiger partial charge in [-0.05, 0) is 0 Å². The molecule has 326 valence electrons. The number of aromatic amines is 2. The Bertz CT molecular complexity index is 2790. The number of rotatable bonds is 10. The van der Waals surface area contributed by atoms with Gasteiger partial charge in [-0.2, -0.15) is 0 Å². The topological polar surface area (TPSA) is 57.4 Å². The van der Waals surface area contributed by atoms with Gasteiger partial charge in [0.1, 0.15) is 0 Å².